The van der Waals surface area contributed by atoms with Gasteiger partial charge in [-0.3, -0.25) is 9.48 Å². The maximum atomic E-state index is 12.6. The number of rotatable bonds is 7. The van der Waals surface area contributed by atoms with Crippen molar-refractivity contribution in [3.8, 4) is 0 Å². The Hall–Kier alpha value is -2.34. The predicted molar refractivity (Wildman–Crippen MR) is 104 cm³/mol. The second kappa shape index (κ2) is 7.50. The first-order chi connectivity index (χ1) is 12.7. The molecule has 1 N–H and O–H groups in total. The molecule has 1 amide bonds. The first kappa shape index (κ1) is 17.1. The monoisotopic (exact) mass is 366 g/mol. The normalized spacial score (nSPS) is 13.9. The van der Waals surface area contributed by atoms with Crippen LogP contribution in [0, 0.1) is 0 Å². The maximum Gasteiger partial charge on any atom is 0.252 e. The number of carbonyl (C=O) groups excluding carboxylic acids is 1. The van der Waals surface area contributed by atoms with Gasteiger partial charge in [-0.1, -0.05) is 18.2 Å². The molecule has 0 unspecified atom stereocenters. The zero-order valence-corrected chi connectivity index (χ0v) is 15.6. The van der Waals surface area contributed by atoms with E-state index in [1.807, 2.05) is 48.3 Å². The number of nitrogens with one attached hydrogen (secondary N) is 1. The SMILES string of the molecule is Cn1cc(CCCSc2cc(C(=O)NC3CC3)c3ccccc3n2)cn1. The number of amides is 1. The molecule has 5 nitrogen and oxygen atoms in total. The number of para-hydroxylation sites is 1. The Morgan fingerprint density at radius 1 is 1.35 bits per heavy atom. The van der Waals surface area contributed by atoms with Crippen LogP contribution >= 0.6 is 11.8 Å². The van der Waals surface area contributed by atoms with Crippen LogP contribution in [0.25, 0.3) is 10.9 Å². The van der Waals surface area contributed by atoms with Crippen molar-refractivity contribution in [3.05, 3.63) is 53.9 Å². The molecular weight excluding hydrogens is 344 g/mol. The van der Waals surface area contributed by atoms with Gasteiger partial charge < -0.3 is 5.32 Å². The second-order valence-corrected chi connectivity index (χ2v) is 7.86. The van der Waals surface area contributed by atoms with Crippen LogP contribution in [0.15, 0.2) is 47.8 Å². The van der Waals surface area contributed by atoms with Crippen LogP contribution < -0.4 is 5.32 Å². The Balaban J connectivity index is 1.46. The molecule has 26 heavy (non-hydrogen) atoms. The lowest BCUT2D eigenvalue weighted by molar-refractivity contribution is 0.0952. The summed E-state index contributed by atoms with van der Waals surface area (Å²) < 4.78 is 1.83. The van der Waals surface area contributed by atoms with Gasteiger partial charge in [-0.05, 0) is 49.1 Å². The Morgan fingerprint density at radius 2 is 2.19 bits per heavy atom. The third kappa shape index (κ3) is 4.07. The lowest BCUT2D eigenvalue weighted by Crippen LogP contribution is -2.25. The predicted octanol–water partition coefficient (Wildman–Crippen LogP) is 3.59. The number of carbonyl (C=O) groups is 1. The number of hydrogen-bond acceptors (Lipinski definition) is 4. The first-order valence-electron chi connectivity index (χ1n) is 9.00. The molecule has 1 aliphatic rings. The summed E-state index contributed by atoms with van der Waals surface area (Å²) in [6, 6.07) is 10.2. The molecular formula is C20H22N4OS. The molecule has 1 aromatic carbocycles. The third-order valence-electron chi connectivity index (χ3n) is 4.47. The van der Waals surface area contributed by atoms with E-state index < -0.39 is 0 Å². The highest BCUT2D eigenvalue weighted by atomic mass is 32.2. The van der Waals surface area contributed by atoms with Gasteiger partial charge >= 0.3 is 0 Å². The van der Waals surface area contributed by atoms with E-state index in [0.717, 1.165) is 52.9 Å². The molecule has 0 atom stereocenters. The van der Waals surface area contributed by atoms with E-state index in [-0.39, 0.29) is 5.91 Å². The summed E-state index contributed by atoms with van der Waals surface area (Å²) in [4.78, 5) is 17.3. The average Bonchev–Trinajstić information content (AvgIpc) is 3.36. The fraction of sp³-hybridized carbons (Fsp3) is 0.350. The van der Waals surface area contributed by atoms with E-state index in [1.54, 1.807) is 11.8 Å². The first-order valence-corrected chi connectivity index (χ1v) is 9.98. The summed E-state index contributed by atoms with van der Waals surface area (Å²) >= 11 is 1.71. The van der Waals surface area contributed by atoms with Gasteiger partial charge in [0.2, 0.25) is 0 Å². The van der Waals surface area contributed by atoms with Crippen LogP contribution in [0.3, 0.4) is 0 Å². The molecule has 0 bridgehead atoms. The minimum Gasteiger partial charge on any atom is -0.349 e. The lowest BCUT2D eigenvalue weighted by atomic mass is 10.1. The van der Waals surface area contributed by atoms with Crippen LogP contribution in [0.2, 0.25) is 0 Å². The number of hydrogen-bond donors (Lipinski definition) is 1. The molecule has 0 saturated heterocycles. The smallest absolute Gasteiger partial charge is 0.252 e. The zero-order valence-electron chi connectivity index (χ0n) is 14.8. The van der Waals surface area contributed by atoms with Crippen molar-refractivity contribution < 1.29 is 4.79 Å². The molecule has 0 radical (unpaired) electrons. The van der Waals surface area contributed by atoms with Gasteiger partial charge in [-0.15, -0.1) is 11.8 Å². The largest absolute Gasteiger partial charge is 0.349 e. The van der Waals surface area contributed by atoms with Crippen molar-refractivity contribution in [1.82, 2.24) is 20.1 Å². The molecule has 1 fully saturated rings. The van der Waals surface area contributed by atoms with Gasteiger partial charge in [-0.2, -0.15) is 5.10 Å². The summed E-state index contributed by atoms with van der Waals surface area (Å²) in [6.07, 6.45) is 8.20. The fourth-order valence-electron chi connectivity index (χ4n) is 2.96. The molecule has 1 saturated carbocycles. The molecule has 2 heterocycles. The van der Waals surface area contributed by atoms with E-state index >= 15 is 0 Å². The third-order valence-corrected chi connectivity index (χ3v) is 5.47. The number of aryl methyl sites for hydroxylation is 2. The van der Waals surface area contributed by atoms with Gasteiger partial charge in [0.05, 0.1) is 22.3 Å². The van der Waals surface area contributed by atoms with Crippen molar-refractivity contribution in [2.45, 2.75) is 36.8 Å². The fourth-order valence-corrected chi connectivity index (χ4v) is 3.82. The Morgan fingerprint density at radius 3 is 2.96 bits per heavy atom. The Bertz CT molecular complexity index is 932. The van der Waals surface area contributed by atoms with Crippen LogP contribution in [-0.4, -0.2) is 32.5 Å². The van der Waals surface area contributed by atoms with E-state index in [1.165, 1.54) is 5.56 Å². The summed E-state index contributed by atoms with van der Waals surface area (Å²) in [5, 5.41) is 9.13. The molecule has 0 spiro atoms. The molecule has 134 valence electrons. The number of aromatic nitrogens is 3. The van der Waals surface area contributed by atoms with Gasteiger partial charge in [0.15, 0.2) is 0 Å². The number of thioether (sulfide) groups is 1. The van der Waals surface area contributed by atoms with Gasteiger partial charge in [0, 0.05) is 24.7 Å². The molecule has 6 heteroatoms. The minimum atomic E-state index is 0.0170. The second-order valence-electron chi connectivity index (χ2n) is 6.75. The van der Waals surface area contributed by atoms with Gasteiger partial charge in [0.25, 0.3) is 5.91 Å². The zero-order chi connectivity index (χ0) is 17.9. The highest BCUT2D eigenvalue weighted by molar-refractivity contribution is 7.99. The minimum absolute atomic E-state index is 0.0170. The van der Waals surface area contributed by atoms with Crippen LogP contribution in [0.4, 0.5) is 0 Å². The molecule has 1 aliphatic carbocycles. The van der Waals surface area contributed by atoms with E-state index in [4.69, 9.17) is 4.98 Å². The van der Waals surface area contributed by atoms with Crippen LogP contribution in [-0.2, 0) is 13.5 Å². The highest BCUT2D eigenvalue weighted by Crippen LogP contribution is 2.26. The van der Waals surface area contributed by atoms with Crippen LogP contribution in [0.5, 0.6) is 0 Å². The van der Waals surface area contributed by atoms with Crippen molar-refractivity contribution in [1.29, 1.82) is 0 Å². The lowest BCUT2D eigenvalue weighted by Gasteiger charge is -2.10. The Kier molecular flexibility index (Phi) is 4.93. The van der Waals surface area contributed by atoms with Crippen molar-refractivity contribution in [2.75, 3.05) is 5.75 Å². The summed E-state index contributed by atoms with van der Waals surface area (Å²) in [5.41, 5.74) is 2.87. The summed E-state index contributed by atoms with van der Waals surface area (Å²) in [7, 11) is 1.94. The Labute approximate surface area is 157 Å². The van der Waals surface area contributed by atoms with E-state index in [0.29, 0.717) is 6.04 Å². The molecule has 4 rings (SSSR count). The van der Waals surface area contributed by atoms with Gasteiger partial charge in [-0.25, -0.2) is 4.98 Å². The van der Waals surface area contributed by atoms with Crippen molar-refractivity contribution in [2.24, 2.45) is 7.05 Å². The average molecular weight is 366 g/mol. The summed E-state index contributed by atoms with van der Waals surface area (Å²) in [6.45, 7) is 0. The number of fused-ring (bicyclic) bond motifs is 1. The number of pyridine rings is 1. The number of nitrogens with zero attached hydrogens (tertiary/aromatic N) is 3. The van der Waals surface area contributed by atoms with E-state index in [9.17, 15) is 4.79 Å². The van der Waals surface area contributed by atoms with Crippen LogP contribution in [0.1, 0.15) is 35.2 Å². The molecule has 0 aliphatic heterocycles. The quantitative estimate of drug-likeness (QED) is 0.513. The maximum absolute atomic E-state index is 12.6. The molecule has 3 aromatic rings. The van der Waals surface area contributed by atoms with Crippen molar-refractivity contribution >= 4 is 28.6 Å². The standard InChI is InChI=1S/C20H22N4OS/c1-24-13-14(12-21-24)5-4-10-26-19-11-17(20(25)22-15-8-9-15)16-6-2-3-7-18(16)23-19/h2-3,6-7,11-13,15H,4-5,8-10H2,1H3,(H,22,25). The van der Waals surface area contributed by atoms with Crippen molar-refractivity contribution in [3.63, 3.8) is 0 Å². The molecule has 2 aromatic heterocycles. The number of benzene rings is 1. The summed E-state index contributed by atoms with van der Waals surface area (Å²) in [5.74, 6) is 0.979. The highest BCUT2D eigenvalue weighted by Gasteiger charge is 2.25. The van der Waals surface area contributed by atoms with Gasteiger partial charge in [0.1, 0.15) is 0 Å². The van der Waals surface area contributed by atoms with E-state index in [2.05, 4.69) is 16.6 Å². The topological polar surface area (TPSA) is 59.8 Å².